The summed E-state index contributed by atoms with van der Waals surface area (Å²) in [5, 5.41) is 0. The van der Waals surface area contributed by atoms with Crippen molar-refractivity contribution in [2.45, 2.75) is 13.3 Å². The molecule has 0 unspecified atom stereocenters. The molecule has 1 aliphatic rings. The van der Waals surface area contributed by atoms with Crippen molar-refractivity contribution in [2.24, 2.45) is 0 Å². The molecule has 1 aromatic heterocycles. The van der Waals surface area contributed by atoms with Crippen molar-refractivity contribution in [2.75, 3.05) is 11.9 Å². The molecular formula is C14H14N2. The monoisotopic (exact) mass is 210 g/mol. The molecule has 0 radical (unpaired) electrons. The first kappa shape index (κ1) is 9.40. The van der Waals surface area contributed by atoms with Gasteiger partial charge in [-0.25, -0.2) is 4.98 Å². The lowest BCUT2D eigenvalue weighted by molar-refractivity contribution is 0.998. The number of anilines is 2. The summed E-state index contributed by atoms with van der Waals surface area (Å²) in [5.41, 5.74) is 5.33. The molecule has 2 aromatic rings. The van der Waals surface area contributed by atoms with E-state index in [0.29, 0.717) is 0 Å². The highest BCUT2D eigenvalue weighted by atomic mass is 15.2. The van der Waals surface area contributed by atoms with Gasteiger partial charge in [0.05, 0.1) is 0 Å². The average molecular weight is 210 g/mol. The first-order chi connectivity index (χ1) is 7.77. The van der Waals surface area contributed by atoms with Crippen LogP contribution in [0, 0.1) is 6.92 Å². The van der Waals surface area contributed by atoms with E-state index in [1.165, 1.54) is 22.4 Å². The van der Waals surface area contributed by atoms with Crippen LogP contribution >= 0.6 is 0 Å². The van der Waals surface area contributed by atoms with E-state index in [4.69, 9.17) is 0 Å². The van der Waals surface area contributed by atoms with Crippen molar-refractivity contribution in [3.8, 4) is 0 Å². The molecule has 2 heterocycles. The Balaban J connectivity index is 2.23. The van der Waals surface area contributed by atoms with Crippen LogP contribution in [0.2, 0.25) is 0 Å². The fourth-order valence-electron chi connectivity index (χ4n) is 2.52. The fourth-order valence-corrected chi connectivity index (χ4v) is 2.52. The molecule has 0 aliphatic carbocycles. The Bertz CT molecular complexity index is 546. The van der Waals surface area contributed by atoms with Crippen molar-refractivity contribution in [3.05, 3.63) is 53.2 Å². The number of rotatable bonds is 0. The Labute approximate surface area is 95.6 Å². The minimum atomic E-state index is 0.991. The zero-order chi connectivity index (χ0) is 11.1. The molecule has 1 aromatic carbocycles. The van der Waals surface area contributed by atoms with Crippen molar-refractivity contribution >= 4 is 11.5 Å². The van der Waals surface area contributed by atoms with Gasteiger partial charge >= 0.3 is 0 Å². The Morgan fingerprint density at radius 3 is 2.81 bits per heavy atom. The molecule has 2 heteroatoms. The van der Waals surface area contributed by atoms with Gasteiger partial charge in [-0.1, -0.05) is 24.3 Å². The number of para-hydroxylation sites is 1. The SMILES string of the molecule is Cc1cccc2c1N(C)c1ncccc1C2. The van der Waals surface area contributed by atoms with E-state index in [-0.39, 0.29) is 0 Å². The Morgan fingerprint density at radius 1 is 1.12 bits per heavy atom. The number of pyridine rings is 1. The predicted molar refractivity (Wildman–Crippen MR) is 66.3 cm³/mol. The smallest absolute Gasteiger partial charge is 0.136 e. The van der Waals surface area contributed by atoms with Crippen LogP contribution in [-0.4, -0.2) is 12.0 Å². The lowest BCUT2D eigenvalue weighted by Gasteiger charge is -2.30. The van der Waals surface area contributed by atoms with Crippen LogP contribution < -0.4 is 4.90 Å². The maximum atomic E-state index is 4.47. The molecule has 3 rings (SSSR count). The summed E-state index contributed by atoms with van der Waals surface area (Å²) in [5.74, 6) is 1.09. The maximum absolute atomic E-state index is 4.47. The maximum Gasteiger partial charge on any atom is 0.136 e. The van der Waals surface area contributed by atoms with E-state index in [2.05, 4.69) is 48.1 Å². The molecule has 0 amide bonds. The highest BCUT2D eigenvalue weighted by Gasteiger charge is 2.21. The molecule has 2 nitrogen and oxygen atoms in total. The molecule has 0 spiro atoms. The molecule has 0 saturated heterocycles. The number of hydrogen-bond donors (Lipinski definition) is 0. The number of fused-ring (bicyclic) bond motifs is 2. The number of benzene rings is 1. The van der Waals surface area contributed by atoms with Crippen LogP contribution in [0.25, 0.3) is 0 Å². The number of aryl methyl sites for hydroxylation is 1. The Morgan fingerprint density at radius 2 is 1.94 bits per heavy atom. The van der Waals surface area contributed by atoms with E-state index in [9.17, 15) is 0 Å². The van der Waals surface area contributed by atoms with Gasteiger partial charge in [-0.05, 0) is 29.7 Å². The summed E-state index contributed by atoms with van der Waals surface area (Å²) in [6.45, 7) is 2.16. The zero-order valence-electron chi connectivity index (χ0n) is 9.57. The first-order valence-electron chi connectivity index (χ1n) is 5.53. The third-order valence-corrected chi connectivity index (χ3v) is 3.22. The third kappa shape index (κ3) is 1.23. The highest BCUT2D eigenvalue weighted by Crippen LogP contribution is 2.37. The van der Waals surface area contributed by atoms with Gasteiger partial charge in [-0.15, -0.1) is 0 Å². The number of nitrogens with zero attached hydrogens (tertiary/aromatic N) is 2. The Kier molecular flexibility index (Phi) is 1.96. The largest absolute Gasteiger partial charge is 0.329 e. The van der Waals surface area contributed by atoms with Crippen LogP contribution in [0.3, 0.4) is 0 Å². The number of aromatic nitrogens is 1. The quantitative estimate of drug-likeness (QED) is 0.664. The van der Waals surface area contributed by atoms with E-state index in [0.717, 1.165) is 12.2 Å². The van der Waals surface area contributed by atoms with Crippen molar-refractivity contribution in [1.29, 1.82) is 0 Å². The summed E-state index contributed by atoms with van der Waals surface area (Å²) in [6.07, 6.45) is 2.85. The van der Waals surface area contributed by atoms with E-state index in [1.54, 1.807) is 0 Å². The van der Waals surface area contributed by atoms with E-state index < -0.39 is 0 Å². The van der Waals surface area contributed by atoms with Crippen LogP contribution in [0.15, 0.2) is 36.5 Å². The first-order valence-corrected chi connectivity index (χ1v) is 5.53. The summed E-state index contributed by atoms with van der Waals surface area (Å²) >= 11 is 0. The molecule has 80 valence electrons. The lowest BCUT2D eigenvalue weighted by Crippen LogP contribution is -2.20. The topological polar surface area (TPSA) is 16.1 Å². The summed E-state index contributed by atoms with van der Waals surface area (Å²) in [4.78, 5) is 6.66. The van der Waals surface area contributed by atoms with Gasteiger partial charge in [0, 0.05) is 25.4 Å². The minimum Gasteiger partial charge on any atom is -0.329 e. The van der Waals surface area contributed by atoms with Crippen LogP contribution in [0.4, 0.5) is 11.5 Å². The second-order valence-electron chi connectivity index (χ2n) is 4.30. The van der Waals surface area contributed by atoms with E-state index >= 15 is 0 Å². The van der Waals surface area contributed by atoms with Gasteiger partial charge in [0.2, 0.25) is 0 Å². The lowest BCUT2D eigenvalue weighted by atomic mass is 9.96. The summed E-state index contributed by atoms with van der Waals surface area (Å²) < 4.78 is 0. The average Bonchev–Trinajstić information content (AvgIpc) is 2.29. The van der Waals surface area contributed by atoms with Crippen molar-refractivity contribution in [1.82, 2.24) is 4.98 Å². The Hall–Kier alpha value is -1.83. The molecular weight excluding hydrogens is 196 g/mol. The predicted octanol–water partition coefficient (Wildman–Crippen LogP) is 3.06. The van der Waals surface area contributed by atoms with Gasteiger partial charge in [0.15, 0.2) is 0 Å². The normalized spacial score (nSPS) is 13.2. The molecule has 0 saturated carbocycles. The van der Waals surface area contributed by atoms with Gasteiger partial charge in [0.1, 0.15) is 5.82 Å². The van der Waals surface area contributed by atoms with Crippen molar-refractivity contribution in [3.63, 3.8) is 0 Å². The minimum absolute atomic E-state index is 0.991. The summed E-state index contributed by atoms with van der Waals surface area (Å²) in [7, 11) is 2.09. The molecule has 16 heavy (non-hydrogen) atoms. The second-order valence-corrected chi connectivity index (χ2v) is 4.30. The molecule has 0 fully saturated rings. The van der Waals surface area contributed by atoms with Gasteiger partial charge in [-0.3, -0.25) is 0 Å². The van der Waals surface area contributed by atoms with Gasteiger partial charge in [0.25, 0.3) is 0 Å². The van der Waals surface area contributed by atoms with Crippen molar-refractivity contribution < 1.29 is 0 Å². The van der Waals surface area contributed by atoms with Crippen LogP contribution in [0.1, 0.15) is 16.7 Å². The van der Waals surface area contributed by atoms with Crippen LogP contribution in [-0.2, 0) is 6.42 Å². The molecule has 0 atom stereocenters. The highest BCUT2D eigenvalue weighted by molar-refractivity contribution is 5.73. The van der Waals surface area contributed by atoms with Gasteiger partial charge in [-0.2, -0.15) is 0 Å². The standard InChI is InChI=1S/C14H14N2/c1-10-5-3-6-11-9-12-7-4-8-15-14(12)16(2)13(10)11/h3-8H,9H2,1-2H3. The molecule has 1 aliphatic heterocycles. The third-order valence-electron chi connectivity index (χ3n) is 3.22. The summed E-state index contributed by atoms with van der Waals surface area (Å²) in [6, 6.07) is 10.7. The zero-order valence-corrected chi connectivity index (χ0v) is 9.57. The molecule has 0 N–H and O–H groups in total. The number of hydrogen-bond acceptors (Lipinski definition) is 2. The molecule has 0 bridgehead atoms. The van der Waals surface area contributed by atoms with Gasteiger partial charge < -0.3 is 4.90 Å². The van der Waals surface area contributed by atoms with E-state index in [1.807, 2.05) is 12.3 Å². The van der Waals surface area contributed by atoms with Crippen LogP contribution in [0.5, 0.6) is 0 Å². The fraction of sp³-hybridized carbons (Fsp3) is 0.214. The second kappa shape index (κ2) is 3.34.